The number of unbranched alkanes of at least 4 members (excludes halogenated alkanes) is 1. The summed E-state index contributed by atoms with van der Waals surface area (Å²) in [4.78, 5) is 10.9. The molecule has 0 bridgehead atoms. The first-order chi connectivity index (χ1) is 9.19. The minimum absolute atomic E-state index is 0.0907. The molecule has 5 nitrogen and oxygen atoms in total. The standard InChI is InChI=1S/C14H20O5/c1-18-14(17)4-2-3-5-19-13-7-11(9-15)6-12(8-13)10-16/h6-8,15-16H,2-5,9-10H2,1H3. The third-order valence-electron chi connectivity index (χ3n) is 2.66. The molecule has 19 heavy (non-hydrogen) atoms. The molecule has 1 aromatic rings. The minimum Gasteiger partial charge on any atom is -0.494 e. The Kier molecular flexibility index (Phi) is 6.92. The van der Waals surface area contributed by atoms with Gasteiger partial charge in [0.15, 0.2) is 0 Å². The minimum atomic E-state index is -0.218. The zero-order valence-corrected chi connectivity index (χ0v) is 11.1. The van der Waals surface area contributed by atoms with E-state index < -0.39 is 0 Å². The number of ether oxygens (including phenoxy) is 2. The van der Waals surface area contributed by atoms with Crippen LogP contribution in [-0.4, -0.2) is 29.9 Å². The van der Waals surface area contributed by atoms with E-state index in [-0.39, 0.29) is 19.2 Å². The monoisotopic (exact) mass is 268 g/mol. The molecule has 0 spiro atoms. The highest BCUT2D eigenvalue weighted by Gasteiger charge is 2.03. The van der Waals surface area contributed by atoms with E-state index in [1.807, 2.05) is 0 Å². The highest BCUT2D eigenvalue weighted by Crippen LogP contribution is 2.18. The van der Waals surface area contributed by atoms with Crippen molar-refractivity contribution in [1.29, 1.82) is 0 Å². The molecule has 1 aromatic carbocycles. The van der Waals surface area contributed by atoms with Gasteiger partial charge in [-0.1, -0.05) is 6.07 Å². The van der Waals surface area contributed by atoms with Crippen LogP contribution < -0.4 is 4.74 Å². The number of aliphatic hydroxyl groups excluding tert-OH is 2. The van der Waals surface area contributed by atoms with Crippen LogP contribution in [0.25, 0.3) is 0 Å². The average Bonchev–Trinajstić information content (AvgIpc) is 2.46. The van der Waals surface area contributed by atoms with Gasteiger partial charge in [-0.05, 0) is 36.1 Å². The molecule has 0 fully saturated rings. The van der Waals surface area contributed by atoms with Crippen LogP contribution in [0.1, 0.15) is 30.4 Å². The molecule has 0 unspecified atom stereocenters. The number of hydrogen-bond acceptors (Lipinski definition) is 5. The number of aliphatic hydroxyl groups is 2. The van der Waals surface area contributed by atoms with Crippen LogP contribution >= 0.6 is 0 Å². The summed E-state index contributed by atoms with van der Waals surface area (Å²) in [5, 5.41) is 18.2. The number of hydrogen-bond donors (Lipinski definition) is 2. The lowest BCUT2D eigenvalue weighted by atomic mass is 10.1. The molecule has 1 rings (SSSR count). The second-order valence-electron chi connectivity index (χ2n) is 4.18. The van der Waals surface area contributed by atoms with Crippen molar-refractivity contribution in [1.82, 2.24) is 0 Å². The maximum Gasteiger partial charge on any atom is 0.305 e. The van der Waals surface area contributed by atoms with Crippen LogP contribution in [0.2, 0.25) is 0 Å². The fourth-order valence-corrected chi connectivity index (χ4v) is 1.66. The van der Waals surface area contributed by atoms with Crippen molar-refractivity contribution in [3.63, 3.8) is 0 Å². The Morgan fingerprint density at radius 2 is 1.74 bits per heavy atom. The first-order valence-corrected chi connectivity index (χ1v) is 6.23. The summed E-state index contributed by atoms with van der Waals surface area (Å²) >= 11 is 0. The number of rotatable bonds is 8. The van der Waals surface area contributed by atoms with E-state index in [0.29, 0.717) is 36.3 Å². The van der Waals surface area contributed by atoms with Gasteiger partial charge in [0.25, 0.3) is 0 Å². The van der Waals surface area contributed by atoms with E-state index in [4.69, 9.17) is 14.9 Å². The fraction of sp³-hybridized carbons (Fsp3) is 0.500. The van der Waals surface area contributed by atoms with E-state index in [9.17, 15) is 4.79 Å². The van der Waals surface area contributed by atoms with Gasteiger partial charge in [0, 0.05) is 6.42 Å². The summed E-state index contributed by atoms with van der Waals surface area (Å²) < 4.78 is 10.1. The Hall–Kier alpha value is -1.59. The lowest BCUT2D eigenvalue weighted by Gasteiger charge is -2.09. The zero-order valence-electron chi connectivity index (χ0n) is 11.1. The van der Waals surface area contributed by atoms with Crippen LogP contribution in [0.4, 0.5) is 0 Å². The Labute approximate surface area is 112 Å². The maximum absolute atomic E-state index is 10.9. The van der Waals surface area contributed by atoms with Crippen molar-refractivity contribution >= 4 is 5.97 Å². The van der Waals surface area contributed by atoms with Gasteiger partial charge >= 0.3 is 5.97 Å². The van der Waals surface area contributed by atoms with Crippen LogP contribution in [0.3, 0.4) is 0 Å². The second kappa shape index (κ2) is 8.50. The van der Waals surface area contributed by atoms with Gasteiger partial charge in [-0.25, -0.2) is 0 Å². The van der Waals surface area contributed by atoms with Gasteiger partial charge in [0.1, 0.15) is 5.75 Å². The lowest BCUT2D eigenvalue weighted by Crippen LogP contribution is -2.03. The van der Waals surface area contributed by atoms with Gasteiger partial charge in [-0.3, -0.25) is 4.79 Å². The third kappa shape index (κ3) is 5.72. The molecule has 106 valence electrons. The number of carbonyl (C=O) groups excluding carboxylic acids is 1. The average molecular weight is 268 g/mol. The van der Waals surface area contributed by atoms with Crippen molar-refractivity contribution in [3.8, 4) is 5.75 Å². The molecule has 5 heteroatoms. The highest BCUT2D eigenvalue weighted by molar-refractivity contribution is 5.68. The smallest absolute Gasteiger partial charge is 0.305 e. The summed E-state index contributed by atoms with van der Waals surface area (Å²) in [6.07, 6.45) is 1.84. The molecule has 0 saturated heterocycles. The first-order valence-electron chi connectivity index (χ1n) is 6.23. The molecular formula is C14H20O5. The van der Waals surface area contributed by atoms with Gasteiger partial charge in [-0.15, -0.1) is 0 Å². The lowest BCUT2D eigenvalue weighted by molar-refractivity contribution is -0.140. The molecule has 0 atom stereocenters. The molecule has 0 aliphatic heterocycles. The molecule has 2 N–H and O–H groups in total. The molecule has 0 heterocycles. The van der Waals surface area contributed by atoms with Gasteiger partial charge < -0.3 is 19.7 Å². The van der Waals surface area contributed by atoms with E-state index in [1.165, 1.54) is 7.11 Å². The van der Waals surface area contributed by atoms with Crippen LogP contribution in [-0.2, 0) is 22.7 Å². The predicted molar refractivity (Wildman–Crippen MR) is 69.6 cm³/mol. The number of carbonyl (C=O) groups is 1. The topological polar surface area (TPSA) is 76.0 Å². The number of benzene rings is 1. The Morgan fingerprint density at radius 3 is 2.26 bits per heavy atom. The van der Waals surface area contributed by atoms with Crippen molar-refractivity contribution in [3.05, 3.63) is 29.3 Å². The van der Waals surface area contributed by atoms with Crippen LogP contribution in [0, 0.1) is 0 Å². The molecule has 0 aliphatic rings. The first kappa shape index (κ1) is 15.5. The summed E-state index contributed by atoms with van der Waals surface area (Å²) in [6.45, 7) is 0.301. The third-order valence-corrected chi connectivity index (χ3v) is 2.66. The fourth-order valence-electron chi connectivity index (χ4n) is 1.66. The Balaban J connectivity index is 2.38. The number of methoxy groups -OCH3 is 1. The van der Waals surface area contributed by atoms with Crippen molar-refractivity contribution in [2.45, 2.75) is 32.5 Å². The molecule has 0 aromatic heterocycles. The molecule has 0 aliphatic carbocycles. The van der Waals surface area contributed by atoms with E-state index >= 15 is 0 Å². The predicted octanol–water partition coefficient (Wildman–Crippen LogP) is 1.39. The molecule has 0 radical (unpaired) electrons. The number of esters is 1. The van der Waals surface area contributed by atoms with Gasteiger partial charge in [-0.2, -0.15) is 0 Å². The second-order valence-corrected chi connectivity index (χ2v) is 4.18. The van der Waals surface area contributed by atoms with Crippen LogP contribution in [0.15, 0.2) is 18.2 Å². The Bertz CT molecular complexity index is 381. The van der Waals surface area contributed by atoms with E-state index in [0.717, 1.165) is 6.42 Å². The van der Waals surface area contributed by atoms with Crippen molar-refractivity contribution in [2.24, 2.45) is 0 Å². The quantitative estimate of drug-likeness (QED) is 0.550. The van der Waals surface area contributed by atoms with Gasteiger partial charge in [0.2, 0.25) is 0 Å². The summed E-state index contributed by atoms with van der Waals surface area (Å²) in [6, 6.07) is 5.20. The summed E-state index contributed by atoms with van der Waals surface area (Å²) in [7, 11) is 1.37. The largest absolute Gasteiger partial charge is 0.494 e. The van der Waals surface area contributed by atoms with E-state index in [1.54, 1.807) is 18.2 Å². The van der Waals surface area contributed by atoms with E-state index in [2.05, 4.69) is 4.74 Å². The molecule has 0 amide bonds. The van der Waals surface area contributed by atoms with Crippen molar-refractivity contribution < 1.29 is 24.5 Å². The van der Waals surface area contributed by atoms with Gasteiger partial charge in [0.05, 0.1) is 26.9 Å². The maximum atomic E-state index is 10.9. The van der Waals surface area contributed by atoms with Crippen molar-refractivity contribution in [2.75, 3.05) is 13.7 Å². The molecule has 0 saturated carbocycles. The normalized spacial score (nSPS) is 10.3. The Morgan fingerprint density at radius 1 is 1.11 bits per heavy atom. The van der Waals surface area contributed by atoms with Crippen LogP contribution in [0.5, 0.6) is 5.75 Å². The summed E-state index contributed by atoms with van der Waals surface area (Å²) in [5.41, 5.74) is 1.41. The molecular weight excluding hydrogens is 248 g/mol. The zero-order chi connectivity index (χ0) is 14.1. The highest BCUT2D eigenvalue weighted by atomic mass is 16.5. The SMILES string of the molecule is COC(=O)CCCCOc1cc(CO)cc(CO)c1. The summed E-state index contributed by atoms with van der Waals surface area (Å²) in [5.74, 6) is 0.401.